The smallest absolute Gasteiger partial charge is 0.251 e. The van der Waals surface area contributed by atoms with E-state index in [9.17, 15) is 4.79 Å². The number of hydrogen-bond acceptors (Lipinski definition) is 4. The number of guanidine groups is 1. The van der Waals surface area contributed by atoms with Gasteiger partial charge in [-0.3, -0.25) is 9.69 Å². The number of nitrogens with one attached hydrogen (secondary N) is 3. The van der Waals surface area contributed by atoms with Gasteiger partial charge in [0, 0.05) is 44.8 Å². The van der Waals surface area contributed by atoms with Crippen LogP contribution in [0, 0.1) is 5.92 Å². The molecule has 1 aliphatic heterocycles. The molecular weight excluding hydrogens is 481 g/mol. The second-order valence-electron chi connectivity index (χ2n) is 7.31. The van der Waals surface area contributed by atoms with Crippen LogP contribution in [0.5, 0.6) is 0 Å². The first-order valence-corrected chi connectivity index (χ1v) is 10.2. The molecule has 0 saturated carbocycles. The van der Waals surface area contributed by atoms with Crippen LogP contribution >= 0.6 is 24.0 Å². The number of morpholine rings is 1. The summed E-state index contributed by atoms with van der Waals surface area (Å²) in [6.45, 7) is 12.4. The van der Waals surface area contributed by atoms with Crippen LogP contribution < -0.4 is 16.0 Å². The Labute approximate surface area is 192 Å². The van der Waals surface area contributed by atoms with Gasteiger partial charge in [0.1, 0.15) is 0 Å². The Morgan fingerprint density at radius 1 is 1.17 bits per heavy atom. The third-order valence-electron chi connectivity index (χ3n) is 4.97. The molecular formula is C21H36IN5O2. The molecule has 1 aliphatic rings. The van der Waals surface area contributed by atoms with Crippen LogP contribution in [0.4, 0.5) is 0 Å². The minimum atomic E-state index is -0.0760. The quantitative estimate of drug-likeness (QED) is 0.280. The normalized spacial score (nSPS) is 16.1. The highest BCUT2D eigenvalue weighted by molar-refractivity contribution is 14.0. The predicted octanol–water partition coefficient (Wildman–Crippen LogP) is 2.08. The number of amides is 1. The lowest BCUT2D eigenvalue weighted by atomic mass is 10.0. The lowest BCUT2D eigenvalue weighted by molar-refractivity contribution is 0.00752. The Morgan fingerprint density at radius 2 is 1.83 bits per heavy atom. The van der Waals surface area contributed by atoms with E-state index in [1.54, 1.807) is 7.05 Å². The van der Waals surface area contributed by atoms with Crippen LogP contribution in [0.25, 0.3) is 0 Å². The number of rotatable bonds is 8. The van der Waals surface area contributed by atoms with Gasteiger partial charge in [0.15, 0.2) is 5.96 Å². The maximum absolute atomic E-state index is 11.6. The van der Waals surface area contributed by atoms with Gasteiger partial charge in [-0.15, -0.1) is 24.0 Å². The largest absolute Gasteiger partial charge is 0.379 e. The van der Waals surface area contributed by atoms with Gasteiger partial charge in [0.05, 0.1) is 19.8 Å². The lowest BCUT2D eigenvalue weighted by Gasteiger charge is -2.37. The molecule has 0 aliphatic carbocycles. The summed E-state index contributed by atoms with van der Waals surface area (Å²) < 4.78 is 5.49. The molecule has 3 N–H and O–H groups in total. The minimum Gasteiger partial charge on any atom is -0.379 e. The van der Waals surface area contributed by atoms with E-state index >= 15 is 0 Å². The second-order valence-corrected chi connectivity index (χ2v) is 7.31. The van der Waals surface area contributed by atoms with Gasteiger partial charge in [-0.1, -0.05) is 26.0 Å². The van der Waals surface area contributed by atoms with E-state index in [2.05, 4.69) is 41.6 Å². The molecule has 7 nitrogen and oxygen atoms in total. The number of nitrogens with zero attached hydrogens (tertiary/aromatic N) is 2. The van der Waals surface area contributed by atoms with Crippen molar-refractivity contribution in [2.45, 2.75) is 33.4 Å². The third kappa shape index (κ3) is 8.47. The fourth-order valence-electron chi connectivity index (χ4n) is 3.31. The Bertz CT molecular complexity index is 630. The molecule has 8 heteroatoms. The van der Waals surface area contributed by atoms with Crippen molar-refractivity contribution >= 4 is 35.8 Å². The average Bonchev–Trinajstić information content (AvgIpc) is 2.72. The van der Waals surface area contributed by atoms with Gasteiger partial charge in [0.25, 0.3) is 5.91 Å². The Balaban J connectivity index is 0.00000420. The van der Waals surface area contributed by atoms with E-state index in [0.717, 1.165) is 50.9 Å². The van der Waals surface area contributed by atoms with Crippen molar-refractivity contribution in [3.63, 3.8) is 0 Å². The van der Waals surface area contributed by atoms with E-state index in [1.807, 2.05) is 24.3 Å². The highest BCUT2D eigenvalue weighted by Crippen LogP contribution is 2.12. The zero-order chi connectivity index (χ0) is 20.4. The highest BCUT2D eigenvalue weighted by Gasteiger charge is 2.23. The Morgan fingerprint density at radius 3 is 2.38 bits per heavy atom. The van der Waals surface area contributed by atoms with Crippen molar-refractivity contribution < 1.29 is 9.53 Å². The predicted molar refractivity (Wildman–Crippen MR) is 129 cm³/mol. The molecule has 1 amide bonds. The molecule has 1 unspecified atom stereocenters. The van der Waals surface area contributed by atoms with Crippen LogP contribution in [-0.4, -0.2) is 69.2 Å². The van der Waals surface area contributed by atoms with Crippen molar-refractivity contribution in [1.29, 1.82) is 0 Å². The average molecular weight is 517 g/mol. The first-order chi connectivity index (χ1) is 13.5. The number of carbonyl (C=O) groups is 1. The first kappa shape index (κ1) is 25.6. The summed E-state index contributed by atoms with van der Waals surface area (Å²) >= 11 is 0. The molecule has 1 atom stereocenters. The number of carbonyl (C=O) groups excluding carboxylic acids is 1. The topological polar surface area (TPSA) is 78.0 Å². The van der Waals surface area contributed by atoms with Crippen LogP contribution in [-0.2, 0) is 11.3 Å². The molecule has 1 saturated heterocycles. The number of benzene rings is 1. The monoisotopic (exact) mass is 517 g/mol. The maximum atomic E-state index is 11.6. The molecule has 0 aromatic heterocycles. The number of ether oxygens (including phenoxy) is 1. The minimum absolute atomic E-state index is 0. The fourth-order valence-corrected chi connectivity index (χ4v) is 3.31. The van der Waals surface area contributed by atoms with E-state index in [4.69, 9.17) is 9.73 Å². The van der Waals surface area contributed by atoms with Gasteiger partial charge < -0.3 is 20.7 Å². The number of halogens is 1. The van der Waals surface area contributed by atoms with Crippen molar-refractivity contribution in [1.82, 2.24) is 20.9 Å². The summed E-state index contributed by atoms with van der Waals surface area (Å²) in [7, 11) is 1.64. The molecule has 164 valence electrons. The lowest BCUT2D eigenvalue weighted by Crippen LogP contribution is -2.52. The SMILES string of the molecule is CCNC(=NCc1ccc(C(=O)NC)cc1)NCC(C(C)C)N1CCOCC1.I. The van der Waals surface area contributed by atoms with E-state index in [1.165, 1.54) is 0 Å². The van der Waals surface area contributed by atoms with E-state index < -0.39 is 0 Å². The summed E-state index contributed by atoms with van der Waals surface area (Å²) in [5.41, 5.74) is 1.73. The highest BCUT2D eigenvalue weighted by atomic mass is 127. The summed E-state index contributed by atoms with van der Waals surface area (Å²) in [5.74, 6) is 1.29. The maximum Gasteiger partial charge on any atom is 0.251 e. The second kappa shape index (κ2) is 13.8. The summed E-state index contributed by atoms with van der Waals surface area (Å²) in [4.78, 5) is 18.8. The van der Waals surface area contributed by atoms with Gasteiger partial charge in [0.2, 0.25) is 0 Å². The van der Waals surface area contributed by atoms with Crippen LogP contribution in [0.15, 0.2) is 29.3 Å². The molecule has 0 bridgehead atoms. The van der Waals surface area contributed by atoms with Gasteiger partial charge in [-0.2, -0.15) is 0 Å². The van der Waals surface area contributed by atoms with Crippen molar-refractivity contribution in [3.05, 3.63) is 35.4 Å². The summed E-state index contributed by atoms with van der Waals surface area (Å²) in [5, 5.41) is 9.45. The zero-order valence-electron chi connectivity index (χ0n) is 18.0. The molecule has 1 fully saturated rings. The number of aliphatic imine (C=N–C) groups is 1. The van der Waals surface area contributed by atoms with Gasteiger partial charge >= 0.3 is 0 Å². The Kier molecular flexibility index (Phi) is 12.2. The van der Waals surface area contributed by atoms with Crippen LogP contribution in [0.3, 0.4) is 0 Å². The summed E-state index contributed by atoms with van der Waals surface area (Å²) in [6.07, 6.45) is 0. The van der Waals surface area contributed by atoms with Crippen LogP contribution in [0.2, 0.25) is 0 Å². The third-order valence-corrected chi connectivity index (χ3v) is 4.97. The number of hydrogen-bond donors (Lipinski definition) is 3. The van der Waals surface area contributed by atoms with Crippen LogP contribution in [0.1, 0.15) is 36.7 Å². The molecule has 1 aromatic rings. The van der Waals surface area contributed by atoms with Gasteiger partial charge in [-0.05, 0) is 30.5 Å². The Hall–Kier alpha value is -1.39. The van der Waals surface area contributed by atoms with Crippen molar-refractivity contribution in [2.75, 3.05) is 46.4 Å². The molecule has 1 heterocycles. The van der Waals surface area contributed by atoms with Crippen molar-refractivity contribution in [2.24, 2.45) is 10.9 Å². The fraction of sp³-hybridized carbons (Fsp3) is 0.619. The molecule has 0 spiro atoms. The molecule has 2 rings (SSSR count). The molecule has 1 aromatic carbocycles. The summed E-state index contributed by atoms with van der Waals surface area (Å²) in [6, 6.07) is 8.00. The standard InChI is InChI=1S/C21H35N5O2.HI/c1-5-23-21(24-14-17-6-8-18(9-7-17)20(27)22-4)25-15-19(16(2)3)26-10-12-28-13-11-26;/h6-9,16,19H,5,10-15H2,1-4H3,(H,22,27)(H2,23,24,25);1H. The van der Waals surface area contributed by atoms with E-state index in [0.29, 0.717) is 24.1 Å². The molecule has 29 heavy (non-hydrogen) atoms. The van der Waals surface area contributed by atoms with E-state index in [-0.39, 0.29) is 29.9 Å². The first-order valence-electron chi connectivity index (χ1n) is 10.2. The zero-order valence-corrected chi connectivity index (χ0v) is 20.4. The molecule has 0 radical (unpaired) electrons. The van der Waals surface area contributed by atoms with Crippen molar-refractivity contribution in [3.8, 4) is 0 Å². The van der Waals surface area contributed by atoms with Gasteiger partial charge in [-0.25, -0.2) is 4.99 Å².